The third-order valence-electron chi connectivity index (χ3n) is 8.65. The number of aryl methyl sites for hydroxylation is 2. The molecule has 0 aliphatic rings. The molecule has 3 atom stereocenters. The van der Waals surface area contributed by atoms with Crippen LogP contribution < -0.4 is 10.6 Å². The lowest BCUT2D eigenvalue weighted by molar-refractivity contribution is -0.159. The predicted molar refractivity (Wildman–Crippen MR) is 203 cm³/mol. The average Bonchev–Trinajstić information content (AvgIpc) is 3.03. The predicted octanol–water partition coefficient (Wildman–Crippen LogP) is 7.27. The van der Waals surface area contributed by atoms with Crippen LogP contribution in [-0.4, -0.2) is 62.7 Å². The Morgan fingerprint density at radius 2 is 1.29 bits per heavy atom. The molecule has 0 saturated carbocycles. The van der Waals surface area contributed by atoms with E-state index in [1.807, 2.05) is 83.1 Å². The largest absolute Gasteiger partial charge is 0.508 e. The Balaban J connectivity index is 2.22. The molecule has 52 heavy (non-hydrogen) atoms. The molecular formula is C42H57N3O7. The molecule has 0 spiro atoms. The fourth-order valence-electron chi connectivity index (χ4n) is 5.75. The van der Waals surface area contributed by atoms with Crippen molar-refractivity contribution in [1.29, 1.82) is 0 Å². The van der Waals surface area contributed by atoms with Crippen molar-refractivity contribution in [3.8, 4) is 5.75 Å². The molecule has 282 valence electrons. The number of ether oxygens (including phenoxy) is 2. The standard InChI is InChI=1S/C42H57N3O7/c1-12-42(10,11)45(37(48)33(44-39(50)52-41(7,8)9)25-30-20-22-31(46)23-21-30)35(32-24-27(2)18-19-28(32)3)36(47)43-34(38(49)51-40(4,5)6)26-29-16-14-13-15-17-29/h13-24,33-35,46H,12,25-26H2,1-11H3,(H,43,47)(H,44,50). The number of hydrogen-bond donors (Lipinski definition) is 3. The summed E-state index contributed by atoms with van der Waals surface area (Å²) < 4.78 is 11.4. The second-order valence-corrected chi connectivity index (χ2v) is 16.0. The van der Waals surface area contributed by atoms with Crippen molar-refractivity contribution in [3.63, 3.8) is 0 Å². The van der Waals surface area contributed by atoms with Crippen LogP contribution in [0.25, 0.3) is 0 Å². The summed E-state index contributed by atoms with van der Waals surface area (Å²) in [4.78, 5) is 58.6. The average molecular weight is 716 g/mol. The van der Waals surface area contributed by atoms with Crippen molar-refractivity contribution < 1.29 is 33.8 Å². The highest BCUT2D eigenvalue weighted by molar-refractivity contribution is 5.94. The van der Waals surface area contributed by atoms with Crippen LogP contribution in [0.4, 0.5) is 4.79 Å². The van der Waals surface area contributed by atoms with Gasteiger partial charge in [-0.25, -0.2) is 9.59 Å². The minimum absolute atomic E-state index is 0.0460. The molecule has 0 aliphatic carbocycles. The number of hydrogen-bond acceptors (Lipinski definition) is 7. The van der Waals surface area contributed by atoms with Gasteiger partial charge >= 0.3 is 12.1 Å². The fourth-order valence-corrected chi connectivity index (χ4v) is 5.75. The number of aromatic hydroxyl groups is 1. The minimum Gasteiger partial charge on any atom is -0.508 e. The van der Waals surface area contributed by atoms with Gasteiger partial charge in [0.15, 0.2) is 0 Å². The summed E-state index contributed by atoms with van der Waals surface area (Å²) in [7, 11) is 0. The Bertz CT molecular complexity index is 1690. The number of phenols is 1. The molecule has 0 fully saturated rings. The lowest BCUT2D eigenvalue weighted by atomic mass is 9.89. The Morgan fingerprint density at radius 3 is 1.85 bits per heavy atom. The van der Waals surface area contributed by atoms with E-state index in [-0.39, 0.29) is 18.6 Å². The number of rotatable bonds is 13. The molecule has 3 unspecified atom stereocenters. The van der Waals surface area contributed by atoms with Gasteiger partial charge in [0, 0.05) is 18.4 Å². The third-order valence-corrected chi connectivity index (χ3v) is 8.65. The maximum absolute atomic E-state index is 15.2. The SMILES string of the molecule is CCC(C)(C)N(C(=O)C(Cc1ccc(O)cc1)NC(=O)OC(C)(C)C)C(C(=O)NC(Cc1ccccc1)C(=O)OC(C)(C)C)c1cc(C)ccc1C. The van der Waals surface area contributed by atoms with E-state index in [1.54, 1.807) is 53.7 Å². The third kappa shape index (κ3) is 12.1. The van der Waals surface area contributed by atoms with Gasteiger partial charge in [0.2, 0.25) is 11.8 Å². The van der Waals surface area contributed by atoms with Crippen LogP contribution in [0.1, 0.15) is 103 Å². The van der Waals surface area contributed by atoms with Crippen LogP contribution in [-0.2, 0) is 36.7 Å². The number of nitrogens with zero attached hydrogens (tertiary/aromatic N) is 1. The molecule has 0 radical (unpaired) electrons. The lowest BCUT2D eigenvalue weighted by Gasteiger charge is -2.45. The van der Waals surface area contributed by atoms with Gasteiger partial charge in [-0.15, -0.1) is 0 Å². The van der Waals surface area contributed by atoms with Crippen molar-refractivity contribution in [2.45, 2.75) is 130 Å². The zero-order chi connectivity index (χ0) is 39.0. The van der Waals surface area contributed by atoms with E-state index in [4.69, 9.17) is 9.47 Å². The van der Waals surface area contributed by atoms with E-state index in [9.17, 15) is 19.5 Å². The highest BCUT2D eigenvalue weighted by Crippen LogP contribution is 2.35. The zero-order valence-corrected chi connectivity index (χ0v) is 32.6. The number of benzene rings is 3. The normalized spacial score (nSPS) is 13.7. The smallest absolute Gasteiger partial charge is 0.408 e. The maximum Gasteiger partial charge on any atom is 0.408 e. The van der Waals surface area contributed by atoms with E-state index in [1.165, 1.54) is 17.0 Å². The number of phenolic OH excluding ortho intramolecular Hbond substituents is 1. The van der Waals surface area contributed by atoms with Gasteiger partial charge in [-0.05, 0) is 110 Å². The minimum atomic E-state index is -1.22. The molecule has 3 aromatic carbocycles. The molecule has 0 heterocycles. The highest BCUT2D eigenvalue weighted by Gasteiger charge is 2.44. The van der Waals surface area contributed by atoms with Crippen molar-refractivity contribution in [3.05, 3.63) is 101 Å². The number of carbonyl (C=O) groups is 4. The molecule has 3 rings (SSSR count). The summed E-state index contributed by atoms with van der Waals surface area (Å²) >= 11 is 0. The van der Waals surface area contributed by atoms with Crippen LogP contribution >= 0.6 is 0 Å². The molecule has 3 amide bonds. The summed E-state index contributed by atoms with van der Waals surface area (Å²) in [6, 6.07) is 17.9. The number of nitrogens with one attached hydrogen (secondary N) is 2. The van der Waals surface area contributed by atoms with Crippen molar-refractivity contribution in [2.24, 2.45) is 0 Å². The number of alkyl carbamates (subject to hydrolysis) is 1. The topological polar surface area (TPSA) is 134 Å². The summed E-state index contributed by atoms with van der Waals surface area (Å²) in [5.41, 5.74) is 1.12. The van der Waals surface area contributed by atoms with E-state index >= 15 is 4.79 Å². The first-order chi connectivity index (χ1) is 24.1. The number of amides is 3. The molecule has 0 aromatic heterocycles. The van der Waals surface area contributed by atoms with Gasteiger partial charge in [0.1, 0.15) is 35.1 Å². The molecule has 3 aromatic rings. The molecule has 10 heteroatoms. The maximum atomic E-state index is 15.2. The first kappa shape index (κ1) is 41.6. The Kier molecular flexibility index (Phi) is 13.7. The van der Waals surface area contributed by atoms with Gasteiger partial charge < -0.3 is 30.1 Å². The molecule has 0 saturated heterocycles. The molecule has 0 aliphatic heterocycles. The van der Waals surface area contributed by atoms with Crippen LogP contribution in [0, 0.1) is 13.8 Å². The second kappa shape index (κ2) is 17.1. The van der Waals surface area contributed by atoms with Crippen molar-refractivity contribution in [2.75, 3.05) is 0 Å². The monoisotopic (exact) mass is 715 g/mol. The van der Waals surface area contributed by atoms with Gasteiger partial charge in [-0.3, -0.25) is 9.59 Å². The second-order valence-electron chi connectivity index (χ2n) is 16.0. The summed E-state index contributed by atoms with van der Waals surface area (Å²) in [6.07, 6.45) is -0.134. The van der Waals surface area contributed by atoms with Crippen LogP contribution in [0.5, 0.6) is 5.75 Å². The van der Waals surface area contributed by atoms with Crippen molar-refractivity contribution in [1.82, 2.24) is 15.5 Å². The van der Waals surface area contributed by atoms with Gasteiger partial charge in [0.25, 0.3) is 0 Å². The van der Waals surface area contributed by atoms with E-state index in [0.717, 1.165) is 16.7 Å². The van der Waals surface area contributed by atoms with Gasteiger partial charge in [0.05, 0.1) is 0 Å². The van der Waals surface area contributed by atoms with Gasteiger partial charge in [-0.1, -0.05) is 73.2 Å². The van der Waals surface area contributed by atoms with Crippen LogP contribution in [0.3, 0.4) is 0 Å². The lowest BCUT2D eigenvalue weighted by Crippen LogP contribution is -2.61. The molecular weight excluding hydrogens is 658 g/mol. The summed E-state index contributed by atoms with van der Waals surface area (Å²) in [6.45, 7) is 19.9. The number of carbonyl (C=O) groups excluding carboxylic acids is 4. The summed E-state index contributed by atoms with van der Waals surface area (Å²) in [5, 5.41) is 15.7. The van der Waals surface area contributed by atoms with Crippen LogP contribution in [0.2, 0.25) is 0 Å². The first-order valence-electron chi connectivity index (χ1n) is 17.8. The van der Waals surface area contributed by atoms with Crippen LogP contribution in [0.15, 0.2) is 72.8 Å². The molecule has 10 nitrogen and oxygen atoms in total. The zero-order valence-electron chi connectivity index (χ0n) is 32.6. The quantitative estimate of drug-likeness (QED) is 0.159. The Morgan fingerprint density at radius 1 is 0.731 bits per heavy atom. The fraction of sp³-hybridized carbons (Fsp3) is 0.476. The van der Waals surface area contributed by atoms with E-state index < -0.39 is 58.7 Å². The van der Waals surface area contributed by atoms with Gasteiger partial charge in [-0.2, -0.15) is 0 Å². The Hall–Kier alpha value is -4.86. The molecule has 0 bridgehead atoms. The highest BCUT2D eigenvalue weighted by atomic mass is 16.6. The summed E-state index contributed by atoms with van der Waals surface area (Å²) in [5.74, 6) is -1.64. The number of esters is 1. The van der Waals surface area contributed by atoms with Crippen molar-refractivity contribution >= 4 is 23.9 Å². The Labute approximate surface area is 309 Å². The van der Waals surface area contributed by atoms with E-state index in [2.05, 4.69) is 10.6 Å². The molecule has 3 N–H and O–H groups in total. The first-order valence-corrected chi connectivity index (χ1v) is 17.8. The van der Waals surface area contributed by atoms with E-state index in [0.29, 0.717) is 17.5 Å².